The second-order valence-electron chi connectivity index (χ2n) is 14.2. The van der Waals surface area contributed by atoms with Gasteiger partial charge < -0.3 is 44.5 Å². The van der Waals surface area contributed by atoms with Gasteiger partial charge in [-0.05, 0) is 85.8 Å². The third-order valence-electron chi connectivity index (χ3n) is 10.9. The number of hydrogen-bond donors (Lipinski definition) is 3. The second kappa shape index (κ2) is 13.0. The summed E-state index contributed by atoms with van der Waals surface area (Å²) in [6.45, 7) is 3.22. The van der Waals surface area contributed by atoms with E-state index in [2.05, 4.69) is 15.5 Å². The summed E-state index contributed by atoms with van der Waals surface area (Å²) in [6.07, 6.45) is 8.70. The number of carbonyl (C=O) groups is 2. The number of benzene rings is 3. The first-order valence-electron chi connectivity index (χ1n) is 17.7. The summed E-state index contributed by atoms with van der Waals surface area (Å²) in [5.41, 5.74) is 5.13. The lowest BCUT2D eigenvalue weighted by atomic mass is 10.0. The molecule has 1 saturated heterocycles. The Morgan fingerprint density at radius 1 is 0.780 bits per heavy atom. The van der Waals surface area contributed by atoms with E-state index in [1.165, 1.54) is 12.8 Å². The standard InChI is InChI=1S/C39H44N4O7/c1-47-33-15-29-31(40-20-26-14-25(22-42(26)37(29)45)24-6-8-28(44)9-7-24)17-35(33)49-12-4-3-5-13-50-36-18-32-30(16-34(36)48-2)38(46)43-23-39(10-11-39)19-27(43)21-41-32/h6-9,15-18,22,26-27,40-41,44H,3-5,10-14,19-21,23H2,1-2H3/t26-,27-/m0/s1. The average molecular weight is 681 g/mol. The molecule has 1 saturated carbocycles. The highest BCUT2D eigenvalue weighted by atomic mass is 16.5. The van der Waals surface area contributed by atoms with Crippen LogP contribution in [0.2, 0.25) is 0 Å². The summed E-state index contributed by atoms with van der Waals surface area (Å²) >= 11 is 0. The highest BCUT2D eigenvalue weighted by Gasteiger charge is 2.54. The molecule has 3 aromatic carbocycles. The monoisotopic (exact) mass is 680 g/mol. The van der Waals surface area contributed by atoms with Crippen molar-refractivity contribution < 1.29 is 33.6 Å². The molecule has 4 aliphatic heterocycles. The minimum absolute atomic E-state index is 0.0200. The van der Waals surface area contributed by atoms with E-state index in [4.69, 9.17) is 18.9 Å². The van der Waals surface area contributed by atoms with Gasteiger partial charge in [0.25, 0.3) is 11.8 Å². The lowest BCUT2D eigenvalue weighted by Crippen LogP contribution is -2.37. The predicted molar refractivity (Wildman–Crippen MR) is 190 cm³/mol. The number of fused-ring (bicyclic) bond motifs is 4. The topological polar surface area (TPSA) is 122 Å². The van der Waals surface area contributed by atoms with Gasteiger partial charge in [0, 0.05) is 44.0 Å². The third kappa shape index (κ3) is 6.03. The molecule has 3 N–H and O–H groups in total. The van der Waals surface area contributed by atoms with Crippen molar-refractivity contribution in [3.63, 3.8) is 0 Å². The number of phenols is 1. The number of hydrogen-bond acceptors (Lipinski definition) is 9. The van der Waals surface area contributed by atoms with Gasteiger partial charge in [0.2, 0.25) is 0 Å². The summed E-state index contributed by atoms with van der Waals surface area (Å²) in [4.78, 5) is 31.0. The van der Waals surface area contributed by atoms with Crippen LogP contribution in [0.15, 0.2) is 54.7 Å². The van der Waals surface area contributed by atoms with Crippen LogP contribution in [0.1, 0.15) is 71.2 Å². The molecule has 1 aliphatic carbocycles. The highest BCUT2D eigenvalue weighted by Crippen LogP contribution is 2.55. The SMILES string of the molecule is COc1cc2c(cc1OCCCCCOc1cc3c(cc1OC)C(=O)N1CC4(CC4)C[C@H]1CN3)NC[C@@H]1CC(c3ccc(O)cc3)=CN1C2=O. The van der Waals surface area contributed by atoms with Gasteiger partial charge in [-0.2, -0.15) is 0 Å². The lowest BCUT2D eigenvalue weighted by molar-refractivity contribution is 0.0743. The van der Waals surface area contributed by atoms with E-state index in [9.17, 15) is 14.7 Å². The molecule has 50 heavy (non-hydrogen) atoms. The normalized spacial score (nSPS) is 21.1. The Balaban J connectivity index is 0.842. The molecule has 2 fully saturated rings. The maximum absolute atomic E-state index is 13.7. The highest BCUT2D eigenvalue weighted by molar-refractivity contribution is 6.03. The van der Waals surface area contributed by atoms with Crippen molar-refractivity contribution in [2.45, 2.75) is 57.0 Å². The first-order chi connectivity index (χ1) is 24.3. The molecule has 8 rings (SSSR count). The summed E-state index contributed by atoms with van der Waals surface area (Å²) < 4.78 is 23.6. The first kappa shape index (κ1) is 32.2. The lowest BCUT2D eigenvalue weighted by Gasteiger charge is -2.21. The predicted octanol–water partition coefficient (Wildman–Crippen LogP) is 6.14. The Labute approximate surface area is 292 Å². The average Bonchev–Trinajstić information content (AvgIpc) is 3.66. The zero-order chi connectivity index (χ0) is 34.4. The fourth-order valence-corrected chi connectivity index (χ4v) is 7.87. The number of anilines is 2. The van der Waals surface area contributed by atoms with Crippen LogP contribution in [0.4, 0.5) is 11.4 Å². The largest absolute Gasteiger partial charge is 0.508 e. The Kier molecular flexibility index (Phi) is 8.36. The molecule has 11 heteroatoms. The number of amides is 2. The molecule has 3 aromatic rings. The summed E-state index contributed by atoms with van der Waals surface area (Å²) in [6, 6.07) is 14.6. The maximum Gasteiger partial charge on any atom is 0.260 e. The molecule has 0 aromatic heterocycles. The van der Waals surface area contributed by atoms with Gasteiger partial charge in [0.05, 0.1) is 56.0 Å². The van der Waals surface area contributed by atoms with Crippen molar-refractivity contribution in [2.24, 2.45) is 5.41 Å². The number of nitrogens with one attached hydrogen (secondary N) is 2. The Morgan fingerprint density at radius 3 is 1.98 bits per heavy atom. The van der Waals surface area contributed by atoms with E-state index < -0.39 is 0 Å². The molecular weight excluding hydrogens is 636 g/mol. The minimum atomic E-state index is -0.0889. The van der Waals surface area contributed by atoms with Crippen LogP contribution < -0.4 is 29.6 Å². The number of nitrogens with zero attached hydrogens (tertiary/aromatic N) is 2. The molecule has 11 nitrogen and oxygen atoms in total. The molecule has 0 radical (unpaired) electrons. The van der Waals surface area contributed by atoms with Gasteiger partial charge >= 0.3 is 0 Å². The molecule has 1 spiro atoms. The van der Waals surface area contributed by atoms with Crippen molar-refractivity contribution in [3.8, 4) is 28.7 Å². The number of methoxy groups -OCH3 is 2. The van der Waals surface area contributed by atoms with Crippen molar-refractivity contribution >= 4 is 28.8 Å². The van der Waals surface area contributed by atoms with Crippen LogP contribution in [0.5, 0.6) is 28.7 Å². The van der Waals surface area contributed by atoms with Crippen molar-refractivity contribution in [1.82, 2.24) is 9.80 Å². The summed E-state index contributed by atoms with van der Waals surface area (Å²) in [5, 5.41) is 16.6. The molecular formula is C39H44N4O7. The zero-order valence-electron chi connectivity index (χ0n) is 28.6. The van der Waals surface area contributed by atoms with Crippen LogP contribution in [-0.4, -0.2) is 85.9 Å². The summed E-state index contributed by atoms with van der Waals surface area (Å²) in [7, 11) is 3.19. The van der Waals surface area contributed by atoms with E-state index in [-0.39, 0.29) is 29.6 Å². The number of rotatable bonds is 11. The molecule has 2 atom stereocenters. The van der Waals surface area contributed by atoms with Crippen molar-refractivity contribution in [1.29, 1.82) is 0 Å². The van der Waals surface area contributed by atoms with E-state index in [1.54, 1.807) is 37.3 Å². The second-order valence-corrected chi connectivity index (χ2v) is 14.2. The molecule has 2 amide bonds. The van der Waals surface area contributed by atoms with Crippen LogP contribution in [-0.2, 0) is 0 Å². The van der Waals surface area contributed by atoms with Crippen LogP contribution in [0.3, 0.4) is 0 Å². The minimum Gasteiger partial charge on any atom is -0.508 e. The van der Waals surface area contributed by atoms with Crippen molar-refractivity contribution in [3.05, 3.63) is 71.4 Å². The number of carbonyl (C=O) groups excluding carboxylic acids is 2. The fourth-order valence-electron chi connectivity index (χ4n) is 7.87. The quantitative estimate of drug-likeness (QED) is 0.205. The first-order valence-corrected chi connectivity index (χ1v) is 17.7. The number of aromatic hydroxyl groups is 1. The molecule has 0 bridgehead atoms. The molecule has 4 heterocycles. The smallest absolute Gasteiger partial charge is 0.260 e. The van der Waals surface area contributed by atoms with Gasteiger partial charge in [-0.3, -0.25) is 9.59 Å². The Morgan fingerprint density at radius 2 is 1.38 bits per heavy atom. The van der Waals surface area contributed by atoms with E-state index in [0.717, 1.165) is 67.7 Å². The summed E-state index contributed by atoms with van der Waals surface area (Å²) in [5.74, 6) is 2.51. The van der Waals surface area contributed by atoms with Crippen LogP contribution in [0, 0.1) is 5.41 Å². The zero-order valence-corrected chi connectivity index (χ0v) is 28.6. The van der Waals surface area contributed by atoms with E-state index in [1.807, 2.05) is 36.5 Å². The number of phenolic OH excluding ortho intramolecular Hbond substituents is 1. The van der Waals surface area contributed by atoms with E-state index >= 15 is 0 Å². The number of ether oxygens (including phenoxy) is 4. The Hall–Kier alpha value is -5.06. The van der Waals surface area contributed by atoms with Crippen LogP contribution >= 0.6 is 0 Å². The van der Waals surface area contributed by atoms with Crippen molar-refractivity contribution in [2.75, 3.05) is 57.7 Å². The van der Waals surface area contributed by atoms with Crippen LogP contribution in [0.25, 0.3) is 5.57 Å². The third-order valence-corrected chi connectivity index (χ3v) is 10.9. The molecule has 0 unspecified atom stereocenters. The van der Waals surface area contributed by atoms with Gasteiger partial charge in [0.1, 0.15) is 5.75 Å². The molecule has 262 valence electrons. The van der Waals surface area contributed by atoms with Gasteiger partial charge in [-0.15, -0.1) is 0 Å². The maximum atomic E-state index is 13.7. The van der Waals surface area contributed by atoms with Gasteiger partial charge in [0.15, 0.2) is 23.0 Å². The number of unbranched alkanes of at least 4 members (excludes halogenated alkanes) is 2. The van der Waals surface area contributed by atoms with Gasteiger partial charge in [-0.1, -0.05) is 12.1 Å². The Bertz CT molecular complexity index is 1840. The van der Waals surface area contributed by atoms with E-state index in [0.29, 0.717) is 59.3 Å². The molecule has 5 aliphatic rings. The fraction of sp³-hybridized carbons (Fsp3) is 0.436. The van der Waals surface area contributed by atoms with Gasteiger partial charge in [-0.25, -0.2) is 0 Å².